The molecule has 0 aliphatic carbocycles. The van der Waals surface area contributed by atoms with E-state index < -0.39 is 17.8 Å². The van der Waals surface area contributed by atoms with E-state index in [4.69, 9.17) is 4.74 Å². The summed E-state index contributed by atoms with van der Waals surface area (Å²) in [5.41, 5.74) is 4.91. The lowest BCUT2D eigenvalue weighted by Gasteiger charge is -2.14. The van der Waals surface area contributed by atoms with E-state index in [0.29, 0.717) is 17.0 Å². The minimum absolute atomic E-state index is 0.0181. The van der Waals surface area contributed by atoms with Gasteiger partial charge in [0.05, 0.1) is 5.69 Å². The molecule has 2 amide bonds. The number of anilines is 1. The van der Waals surface area contributed by atoms with Crippen LogP contribution in [-0.4, -0.2) is 17.8 Å². The number of carbonyl (C=O) groups excluding carboxylic acids is 3. The van der Waals surface area contributed by atoms with Crippen LogP contribution in [0.25, 0.3) is 6.08 Å². The molecule has 1 heterocycles. The Morgan fingerprint density at radius 3 is 2.54 bits per heavy atom. The maximum Gasteiger partial charge on any atom is 0.308 e. The van der Waals surface area contributed by atoms with Crippen molar-refractivity contribution in [2.75, 3.05) is 5.01 Å². The molecule has 0 bridgehead atoms. The number of hydrogen-bond acceptors (Lipinski definition) is 4. The van der Waals surface area contributed by atoms with Crippen molar-refractivity contribution in [3.8, 4) is 5.75 Å². The molecule has 2 aromatic carbocycles. The second-order valence-electron chi connectivity index (χ2n) is 5.83. The van der Waals surface area contributed by atoms with E-state index in [2.05, 4.69) is 5.43 Å². The molecule has 1 N–H and O–H groups in total. The monoisotopic (exact) mass is 350 g/mol. The number of nitrogens with zero attached hydrogens (tertiary/aromatic N) is 1. The first-order chi connectivity index (χ1) is 12.5. The largest absolute Gasteiger partial charge is 0.427 e. The summed E-state index contributed by atoms with van der Waals surface area (Å²) in [5, 5.41) is 1.23. The second kappa shape index (κ2) is 7.23. The summed E-state index contributed by atoms with van der Waals surface area (Å²) in [6.07, 6.45) is 2.37. The molecule has 0 aromatic heterocycles. The van der Waals surface area contributed by atoms with Gasteiger partial charge in [-0.1, -0.05) is 31.2 Å². The molecular formula is C20H18N2O4. The van der Waals surface area contributed by atoms with Crippen LogP contribution < -0.4 is 15.2 Å². The van der Waals surface area contributed by atoms with Crippen LogP contribution in [0.4, 0.5) is 5.69 Å². The third kappa shape index (κ3) is 3.64. The number of ether oxygens (including phenoxy) is 1. The SMILES string of the molecule is CCc1ccc(N2NC(=O)/C(=C\c3cccc(OC(C)=O)c3)C2=O)cc1. The van der Waals surface area contributed by atoms with E-state index in [1.807, 2.05) is 19.1 Å². The van der Waals surface area contributed by atoms with Gasteiger partial charge in [0.1, 0.15) is 11.3 Å². The van der Waals surface area contributed by atoms with Crippen LogP contribution in [0.3, 0.4) is 0 Å². The van der Waals surface area contributed by atoms with E-state index in [1.165, 1.54) is 18.0 Å². The average molecular weight is 350 g/mol. The standard InChI is InChI=1S/C20H18N2O4/c1-3-14-7-9-16(10-8-14)22-20(25)18(19(24)21-22)12-15-5-4-6-17(11-15)26-13(2)23/h4-12H,3H2,1-2H3,(H,21,24)/b18-12+. The van der Waals surface area contributed by atoms with Gasteiger partial charge in [0, 0.05) is 6.92 Å². The summed E-state index contributed by atoms with van der Waals surface area (Å²) in [7, 11) is 0. The lowest BCUT2D eigenvalue weighted by Crippen LogP contribution is -2.35. The first-order valence-corrected chi connectivity index (χ1v) is 8.22. The van der Waals surface area contributed by atoms with Gasteiger partial charge < -0.3 is 4.74 Å². The van der Waals surface area contributed by atoms with Crippen LogP contribution in [0.15, 0.2) is 54.1 Å². The molecule has 1 saturated heterocycles. The molecule has 26 heavy (non-hydrogen) atoms. The molecule has 132 valence electrons. The van der Waals surface area contributed by atoms with Gasteiger partial charge in [-0.3, -0.25) is 19.8 Å². The Labute approximate surface area is 151 Å². The molecule has 0 spiro atoms. The fourth-order valence-corrected chi connectivity index (χ4v) is 2.62. The number of nitrogens with one attached hydrogen (secondary N) is 1. The maximum atomic E-state index is 12.6. The zero-order valence-corrected chi connectivity index (χ0v) is 14.5. The van der Waals surface area contributed by atoms with Gasteiger partial charge in [0.15, 0.2) is 0 Å². The zero-order valence-electron chi connectivity index (χ0n) is 14.5. The second-order valence-corrected chi connectivity index (χ2v) is 5.83. The van der Waals surface area contributed by atoms with Crippen molar-refractivity contribution in [2.24, 2.45) is 0 Å². The van der Waals surface area contributed by atoms with Crippen LogP contribution in [0.5, 0.6) is 5.75 Å². The van der Waals surface area contributed by atoms with Crippen molar-refractivity contribution in [2.45, 2.75) is 20.3 Å². The third-order valence-electron chi connectivity index (χ3n) is 3.92. The Balaban J connectivity index is 1.86. The van der Waals surface area contributed by atoms with Gasteiger partial charge in [0.25, 0.3) is 11.8 Å². The summed E-state index contributed by atoms with van der Waals surface area (Å²) in [4.78, 5) is 35.9. The summed E-state index contributed by atoms with van der Waals surface area (Å²) in [6, 6.07) is 14.0. The highest BCUT2D eigenvalue weighted by molar-refractivity contribution is 6.31. The number of esters is 1. The highest BCUT2D eigenvalue weighted by Crippen LogP contribution is 2.23. The van der Waals surface area contributed by atoms with Gasteiger partial charge >= 0.3 is 5.97 Å². The number of hydrazine groups is 1. The van der Waals surface area contributed by atoms with Gasteiger partial charge in [-0.2, -0.15) is 0 Å². The molecular weight excluding hydrogens is 332 g/mol. The van der Waals surface area contributed by atoms with Crippen molar-refractivity contribution in [1.29, 1.82) is 0 Å². The Morgan fingerprint density at radius 1 is 1.15 bits per heavy atom. The molecule has 0 atom stereocenters. The van der Waals surface area contributed by atoms with E-state index in [1.54, 1.807) is 36.4 Å². The van der Waals surface area contributed by atoms with Gasteiger partial charge in [-0.15, -0.1) is 0 Å². The highest BCUT2D eigenvalue weighted by atomic mass is 16.5. The lowest BCUT2D eigenvalue weighted by atomic mass is 10.1. The van der Waals surface area contributed by atoms with Crippen molar-refractivity contribution in [1.82, 2.24) is 5.43 Å². The maximum absolute atomic E-state index is 12.6. The molecule has 3 rings (SSSR count). The fraction of sp³-hybridized carbons (Fsp3) is 0.150. The Morgan fingerprint density at radius 2 is 1.88 bits per heavy atom. The van der Waals surface area contributed by atoms with E-state index in [-0.39, 0.29) is 5.57 Å². The van der Waals surface area contributed by atoms with Crippen LogP contribution in [0.1, 0.15) is 25.0 Å². The molecule has 2 aromatic rings. The smallest absolute Gasteiger partial charge is 0.308 e. The van der Waals surface area contributed by atoms with E-state index in [0.717, 1.165) is 12.0 Å². The molecule has 6 heteroatoms. The number of rotatable bonds is 4. The molecule has 0 radical (unpaired) electrons. The van der Waals surface area contributed by atoms with Crippen LogP contribution in [0.2, 0.25) is 0 Å². The lowest BCUT2D eigenvalue weighted by molar-refractivity contribution is -0.132. The average Bonchev–Trinajstić information content (AvgIpc) is 2.90. The molecule has 0 saturated carbocycles. The van der Waals surface area contributed by atoms with Crippen molar-refractivity contribution in [3.63, 3.8) is 0 Å². The molecule has 1 fully saturated rings. The number of hydrogen-bond donors (Lipinski definition) is 1. The van der Waals surface area contributed by atoms with E-state index >= 15 is 0 Å². The zero-order chi connectivity index (χ0) is 18.7. The predicted molar refractivity (Wildman–Crippen MR) is 97.2 cm³/mol. The molecule has 0 unspecified atom stereocenters. The number of benzene rings is 2. The van der Waals surface area contributed by atoms with Crippen LogP contribution in [0, 0.1) is 0 Å². The normalized spacial score (nSPS) is 15.3. The summed E-state index contributed by atoms with van der Waals surface area (Å²) < 4.78 is 5.02. The van der Waals surface area contributed by atoms with Crippen molar-refractivity contribution >= 4 is 29.5 Å². The Bertz CT molecular complexity index is 900. The minimum atomic E-state index is -0.479. The van der Waals surface area contributed by atoms with Crippen molar-refractivity contribution < 1.29 is 19.1 Å². The minimum Gasteiger partial charge on any atom is -0.427 e. The van der Waals surface area contributed by atoms with Crippen LogP contribution in [-0.2, 0) is 20.8 Å². The topological polar surface area (TPSA) is 75.7 Å². The van der Waals surface area contributed by atoms with E-state index in [9.17, 15) is 14.4 Å². The van der Waals surface area contributed by atoms with Gasteiger partial charge in [-0.25, -0.2) is 5.01 Å². The summed E-state index contributed by atoms with van der Waals surface area (Å²) in [6.45, 7) is 3.35. The highest BCUT2D eigenvalue weighted by Gasteiger charge is 2.34. The van der Waals surface area contributed by atoms with Gasteiger partial charge in [0.2, 0.25) is 0 Å². The van der Waals surface area contributed by atoms with Crippen LogP contribution >= 0.6 is 0 Å². The van der Waals surface area contributed by atoms with Crippen molar-refractivity contribution in [3.05, 3.63) is 65.2 Å². The first-order valence-electron chi connectivity index (χ1n) is 8.22. The number of carbonyl (C=O) groups is 3. The molecule has 6 nitrogen and oxygen atoms in total. The third-order valence-corrected chi connectivity index (χ3v) is 3.92. The first kappa shape index (κ1) is 17.4. The molecule has 1 aliphatic heterocycles. The molecule has 1 aliphatic rings. The predicted octanol–water partition coefficient (Wildman–Crippen LogP) is 2.64. The number of amides is 2. The Hall–Kier alpha value is -3.41. The quantitative estimate of drug-likeness (QED) is 0.398. The number of aryl methyl sites for hydroxylation is 1. The fourth-order valence-electron chi connectivity index (χ4n) is 2.62. The Kier molecular flexibility index (Phi) is 4.84. The van der Waals surface area contributed by atoms with Gasteiger partial charge in [-0.05, 0) is 47.9 Å². The summed E-state index contributed by atoms with van der Waals surface area (Å²) >= 11 is 0. The summed E-state index contributed by atoms with van der Waals surface area (Å²) in [5.74, 6) is -1.000.